The highest BCUT2D eigenvalue weighted by Crippen LogP contribution is 2.24. The summed E-state index contributed by atoms with van der Waals surface area (Å²) in [7, 11) is 1.24. The molecule has 3 nitrogen and oxygen atoms in total. The Kier molecular flexibility index (Phi) is 3.35. The normalized spacial score (nSPS) is 13.4. The standard InChI is InChI=1S/C12H12O3/c1-4-12(2,15-11(13)14-3)10-8-6-5-7-9-10/h1,5-9H,2-3H3. The van der Waals surface area contributed by atoms with Crippen molar-refractivity contribution in [3.05, 3.63) is 35.9 Å². The molecule has 0 fully saturated rings. The summed E-state index contributed by atoms with van der Waals surface area (Å²) >= 11 is 0. The largest absolute Gasteiger partial charge is 0.509 e. The van der Waals surface area contributed by atoms with Crippen LogP contribution in [0, 0.1) is 12.3 Å². The molecule has 0 bridgehead atoms. The van der Waals surface area contributed by atoms with Crippen molar-refractivity contribution in [2.45, 2.75) is 12.5 Å². The molecule has 0 aromatic heterocycles. The Morgan fingerprint density at radius 1 is 1.40 bits per heavy atom. The molecule has 0 amide bonds. The number of carbonyl (C=O) groups is 1. The second kappa shape index (κ2) is 4.52. The van der Waals surface area contributed by atoms with Gasteiger partial charge in [-0.15, -0.1) is 6.42 Å². The van der Waals surface area contributed by atoms with Crippen LogP contribution in [0.1, 0.15) is 12.5 Å². The number of carbonyl (C=O) groups excluding carboxylic acids is 1. The first kappa shape index (κ1) is 11.1. The summed E-state index contributed by atoms with van der Waals surface area (Å²) in [6.45, 7) is 1.64. The third kappa shape index (κ3) is 2.50. The molecule has 78 valence electrons. The summed E-state index contributed by atoms with van der Waals surface area (Å²) in [6.07, 6.45) is 4.57. The SMILES string of the molecule is C#CC(C)(OC(=O)OC)c1ccccc1. The van der Waals surface area contributed by atoms with Crippen molar-refractivity contribution < 1.29 is 14.3 Å². The number of hydrogen-bond donors (Lipinski definition) is 0. The Hall–Kier alpha value is -1.95. The van der Waals surface area contributed by atoms with Crippen LogP contribution in [-0.4, -0.2) is 13.3 Å². The van der Waals surface area contributed by atoms with Crippen molar-refractivity contribution in [2.75, 3.05) is 7.11 Å². The van der Waals surface area contributed by atoms with Gasteiger partial charge >= 0.3 is 6.16 Å². The molecule has 0 saturated carbocycles. The molecule has 1 aromatic rings. The predicted octanol–water partition coefficient (Wildman–Crippen LogP) is 2.32. The lowest BCUT2D eigenvalue weighted by molar-refractivity contribution is 0.0115. The minimum Gasteiger partial charge on any atom is -0.438 e. The van der Waals surface area contributed by atoms with Crippen LogP contribution in [-0.2, 0) is 15.1 Å². The zero-order chi connectivity index (χ0) is 11.3. The van der Waals surface area contributed by atoms with Gasteiger partial charge < -0.3 is 9.47 Å². The van der Waals surface area contributed by atoms with Crippen molar-refractivity contribution in [3.8, 4) is 12.3 Å². The molecule has 3 heteroatoms. The van der Waals surface area contributed by atoms with Crippen LogP contribution >= 0.6 is 0 Å². The molecule has 0 N–H and O–H groups in total. The zero-order valence-corrected chi connectivity index (χ0v) is 8.69. The highest BCUT2D eigenvalue weighted by molar-refractivity contribution is 5.61. The third-order valence-corrected chi connectivity index (χ3v) is 2.05. The summed E-state index contributed by atoms with van der Waals surface area (Å²) < 4.78 is 9.44. The molecule has 1 aromatic carbocycles. The van der Waals surface area contributed by atoms with Gasteiger partial charge in [0.1, 0.15) is 0 Å². The van der Waals surface area contributed by atoms with Crippen molar-refractivity contribution in [1.82, 2.24) is 0 Å². The summed E-state index contributed by atoms with van der Waals surface area (Å²) in [4.78, 5) is 11.0. The second-order valence-corrected chi connectivity index (χ2v) is 3.10. The van der Waals surface area contributed by atoms with E-state index in [2.05, 4.69) is 10.7 Å². The lowest BCUT2D eigenvalue weighted by atomic mass is 9.97. The maximum absolute atomic E-state index is 11.0. The van der Waals surface area contributed by atoms with Crippen molar-refractivity contribution in [3.63, 3.8) is 0 Å². The maximum atomic E-state index is 11.0. The molecule has 0 aliphatic carbocycles. The fourth-order valence-corrected chi connectivity index (χ4v) is 1.14. The van der Waals surface area contributed by atoms with Gasteiger partial charge in [-0.25, -0.2) is 4.79 Å². The third-order valence-electron chi connectivity index (χ3n) is 2.05. The van der Waals surface area contributed by atoms with E-state index in [1.165, 1.54) is 7.11 Å². The molecule has 0 heterocycles. The number of ether oxygens (including phenoxy) is 2. The number of rotatable bonds is 2. The molecule has 0 spiro atoms. The Labute approximate surface area is 89.0 Å². The van der Waals surface area contributed by atoms with Gasteiger partial charge in [0.2, 0.25) is 0 Å². The Morgan fingerprint density at radius 3 is 2.47 bits per heavy atom. The number of terminal acetylenes is 1. The molecule has 0 aliphatic heterocycles. The van der Waals surface area contributed by atoms with Crippen LogP contribution in [0.15, 0.2) is 30.3 Å². The quantitative estimate of drug-likeness (QED) is 0.547. The first-order valence-electron chi connectivity index (χ1n) is 4.42. The second-order valence-electron chi connectivity index (χ2n) is 3.10. The minimum atomic E-state index is -1.09. The summed E-state index contributed by atoms with van der Waals surface area (Å²) in [5, 5.41) is 0. The van der Waals surface area contributed by atoms with Gasteiger partial charge in [0.25, 0.3) is 0 Å². The van der Waals surface area contributed by atoms with E-state index < -0.39 is 11.8 Å². The highest BCUT2D eigenvalue weighted by atomic mass is 16.7. The Bertz CT molecular complexity index is 378. The van der Waals surface area contributed by atoms with Crippen molar-refractivity contribution >= 4 is 6.16 Å². The molecule has 1 atom stereocenters. The topological polar surface area (TPSA) is 35.5 Å². The molecule has 0 aliphatic rings. The zero-order valence-electron chi connectivity index (χ0n) is 8.69. The van der Waals surface area contributed by atoms with Crippen LogP contribution in [0.3, 0.4) is 0 Å². The van der Waals surface area contributed by atoms with Crippen LogP contribution in [0.2, 0.25) is 0 Å². The van der Waals surface area contributed by atoms with Gasteiger partial charge in [-0.3, -0.25) is 0 Å². The first-order chi connectivity index (χ1) is 7.12. The van der Waals surface area contributed by atoms with Gasteiger partial charge in [-0.2, -0.15) is 0 Å². The number of methoxy groups -OCH3 is 1. The molecule has 1 rings (SSSR count). The molecule has 15 heavy (non-hydrogen) atoms. The average Bonchev–Trinajstić information content (AvgIpc) is 2.30. The van der Waals surface area contributed by atoms with E-state index in [1.807, 2.05) is 18.2 Å². The molecule has 1 unspecified atom stereocenters. The fourth-order valence-electron chi connectivity index (χ4n) is 1.14. The first-order valence-corrected chi connectivity index (χ1v) is 4.42. The van der Waals surface area contributed by atoms with E-state index in [9.17, 15) is 4.79 Å². The monoisotopic (exact) mass is 204 g/mol. The Morgan fingerprint density at radius 2 is 2.00 bits per heavy atom. The average molecular weight is 204 g/mol. The lowest BCUT2D eigenvalue weighted by Crippen LogP contribution is -2.27. The van der Waals surface area contributed by atoms with Crippen LogP contribution < -0.4 is 0 Å². The van der Waals surface area contributed by atoms with Gasteiger partial charge in [0.05, 0.1) is 7.11 Å². The lowest BCUT2D eigenvalue weighted by Gasteiger charge is -2.23. The summed E-state index contributed by atoms with van der Waals surface area (Å²) in [5.74, 6) is 2.44. The van der Waals surface area contributed by atoms with Crippen molar-refractivity contribution in [1.29, 1.82) is 0 Å². The van der Waals surface area contributed by atoms with E-state index in [4.69, 9.17) is 11.2 Å². The van der Waals surface area contributed by atoms with Crippen molar-refractivity contribution in [2.24, 2.45) is 0 Å². The van der Waals surface area contributed by atoms with E-state index in [0.29, 0.717) is 0 Å². The molecule has 0 saturated heterocycles. The van der Waals surface area contributed by atoms with Gasteiger partial charge in [0, 0.05) is 5.56 Å². The van der Waals surface area contributed by atoms with Crippen LogP contribution in [0.4, 0.5) is 4.79 Å². The molecular formula is C12H12O3. The van der Waals surface area contributed by atoms with E-state index in [0.717, 1.165) is 5.56 Å². The van der Waals surface area contributed by atoms with E-state index in [1.54, 1.807) is 19.1 Å². The van der Waals surface area contributed by atoms with Gasteiger partial charge in [-0.1, -0.05) is 36.3 Å². The highest BCUT2D eigenvalue weighted by Gasteiger charge is 2.28. The minimum absolute atomic E-state index is 0.734. The van der Waals surface area contributed by atoms with Gasteiger partial charge in [-0.05, 0) is 6.92 Å². The van der Waals surface area contributed by atoms with Gasteiger partial charge in [0.15, 0.2) is 5.60 Å². The van der Waals surface area contributed by atoms with Crippen LogP contribution in [0.5, 0.6) is 0 Å². The maximum Gasteiger partial charge on any atom is 0.509 e. The molecule has 0 radical (unpaired) electrons. The van der Waals surface area contributed by atoms with Crippen LogP contribution in [0.25, 0.3) is 0 Å². The Balaban J connectivity index is 2.97. The summed E-state index contributed by atoms with van der Waals surface area (Å²) in [6, 6.07) is 9.10. The smallest absolute Gasteiger partial charge is 0.438 e. The number of hydrogen-bond acceptors (Lipinski definition) is 3. The number of benzene rings is 1. The van der Waals surface area contributed by atoms with E-state index >= 15 is 0 Å². The molecular weight excluding hydrogens is 192 g/mol. The summed E-state index contributed by atoms with van der Waals surface area (Å²) in [5.41, 5.74) is -0.355. The fraction of sp³-hybridized carbons (Fsp3) is 0.250. The van der Waals surface area contributed by atoms with E-state index in [-0.39, 0.29) is 0 Å². The predicted molar refractivity (Wildman–Crippen MR) is 56.1 cm³/mol.